The van der Waals surface area contributed by atoms with Crippen LogP contribution in [0.3, 0.4) is 0 Å². The molecule has 25 heavy (non-hydrogen) atoms. The minimum atomic E-state index is -0.116. The molecule has 2 aliphatic heterocycles. The van der Waals surface area contributed by atoms with E-state index in [1.807, 2.05) is 6.92 Å². The van der Waals surface area contributed by atoms with E-state index in [-0.39, 0.29) is 18.0 Å². The highest BCUT2D eigenvalue weighted by Crippen LogP contribution is 2.14. The third kappa shape index (κ3) is 4.22. The molecule has 136 valence electrons. The molecule has 1 unspecified atom stereocenters. The topological polar surface area (TPSA) is 69.0 Å². The van der Waals surface area contributed by atoms with E-state index in [9.17, 15) is 9.59 Å². The summed E-state index contributed by atoms with van der Waals surface area (Å²) < 4.78 is 5.16. The second-order valence-corrected chi connectivity index (χ2v) is 6.72. The maximum Gasteiger partial charge on any atom is 0.317 e. The molecule has 3 amide bonds. The van der Waals surface area contributed by atoms with Crippen molar-refractivity contribution in [3.05, 3.63) is 35.8 Å². The number of nitrogens with zero attached hydrogens (tertiary/aromatic N) is 3. The van der Waals surface area contributed by atoms with E-state index in [2.05, 4.69) is 23.3 Å². The largest absolute Gasteiger partial charge is 0.459 e. The summed E-state index contributed by atoms with van der Waals surface area (Å²) in [4.78, 5) is 30.5. The van der Waals surface area contributed by atoms with Crippen LogP contribution in [-0.4, -0.2) is 79.0 Å². The van der Waals surface area contributed by atoms with E-state index < -0.39 is 0 Å². The van der Waals surface area contributed by atoms with Gasteiger partial charge in [-0.1, -0.05) is 6.08 Å². The predicted octanol–water partition coefficient (Wildman–Crippen LogP) is 1.40. The van der Waals surface area contributed by atoms with Gasteiger partial charge in [-0.05, 0) is 38.1 Å². The fourth-order valence-electron chi connectivity index (χ4n) is 3.22. The van der Waals surface area contributed by atoms with Gasteiger partial charge in [0.15, 0.2) is 5.76 Å². The standard InChI is InChI=1S/C18H26N4O3/c1-14(15-5-7-20(2)8-6-15)19-18(24)22-11-9-21(10-12-22)17(23)16-4-3-13-25-16/h3-5,13-14H,6-12H2,1-2H3,(H,19,24). The number of hydrogen-bond acceptors (Lipinski definition) is 4. The van der Waals surface area contributed by atoms with Crippen LogP contribution in [0.4, 0.5) is 4.79 Å². The smallest absolute Gasteiger partial charge is 0.317 e. The highest BCUT2D eigenvalue weighted by Gasteiger charge is 2.27. The van der Waals surface area contributed by atoms with Crippen molar-refractivity contribution in [3.63, 3.8) is 0 Å². The fraction of sp³-hybridized carbons (Fsp3) is 0.556. The van der Waals surface area contributed by atoms with Crippen LogP contribution in [0.15, 0.2) is 34.5 Å². The van der Waals surface area contributed by atoms with E-state index in [4.69, 9.17) is 4.42 Å². The molecule has 7 heteroatoms. The Morgan fingerprint density at radius 1 is 1.16 bits per heavy atom. The SMILES string of the molecule is CC(NC(=O)N1CCN(C(=O)c2ccco2)CC1)C1=CCN(C)CC1. The average molecular weight is 346 g/mol. The molecule has 1 atom stereocenters. The zero-order valence-electron chi connectivity index (χ0n) is 14.9. The summed E-state index contributed by atoms with van der Waals surface area (Å²) in [5.41, 5.74) is 1.29. The van der Waals surface area contributed by atoms with Crippen molar-refractivity contribution in [1.82, 2.24) is 20.0 Å². The Kier molecular flexibility index (Phi) is 5.43. The summed E-state index contributed by atoms with van der Waals surface area (Å²) in [5.74, 6) is 0.232. The van der Waals surface area contributed by atoms with E-state index in [1.165, 1.54) is 11.8 Å². The number of amides is 3. The molecule has 0 spiro atoms. The fourth-order valence-corrected chi connectivity index (χ4v) is 3.22. The first-order valence-corrected chi connectivity index (χ1v) is 8.80. The van der Waals surface area contributed by atoms with Crippen LogP contribution in [0.2, 0.25) is 0 Å². The van der Waals surface area contributed by atoms with Crippen LogP contribution >= 0.6 is 0 Å². The maximum atomic E-state index is 12.5. The highest BCUT2D eigenvalue weighted by molar-refractivity contribution is 5.91. The van der Waals surface area contributed by atoms with Crippen LogP contribution in [0.5, 0.6) is 0 Å². The molecule has 0 aromatic carbocycles. The van der Waals surface area contributed by atoms with Crippen LogP contribution < -0.4 is 5.32 Å². The lowest BCUT2D eigenvalue weighted by molar-refractivity contribution is 0.0633. The van der Waals surface area contributed by atoms with Crippen molar-refractivity contribution >= 4 is 11.9 Å². The predicted molar refractivity (Wildman–Crippen MR) is 94.4 cm³/mol. The Bertz CT molecular complexity index is 633. The van der Waals surface area contributed by atoms with Gasteiger partial charge in [0.2, 0.25) is 0 Å². The number of piperazine rings is 1. The van der Waals surface area contributed by atoms with Gasteiger partial charge < -0.3 is 24.4 Å². The molecule has 1 fully saturated rings. The lowest BCUT2D eigenvalue weighted by atomic mass is 10.0. The first-order chi connectivity index (χ1) is 12.0. The normalized spacial score (nSPS) is 20.2. The van der Waals surface area contributed by atoms with Crippen molar-refractivity contribution in [2.75, 3.05) is 46.3 Å². The molecular formula is C18H26N4O3. The van der Waals surface area contributed by atoms with E-state index in [0.29, 0.717) is 31.9 Å². The summed E-state index contributed by atoms with van der Waals surface area (Å²) in [6, 6.07) is 3.36. The molecule has 3 heterocycles. The number of hydrogen-bond donors (Lipinski definition) is 1. The molecule has 0 aliphatic carbocycles. The number of nitrogens with one attached hydrogen (secondary N) is 1. The first-order valence-electron chi connectivity index (χ1n) is 8.80. The lowest BCUT2D eigenvalue weighted by Gasteiger charge is -2.35. The van der Waals surface area contributed by atoms with Gasteiger partial charge in [0.05, 0.1) is 6.26 Å². The van der Waals surface area contributed by atoms with Crippen molar-refractivity contribution in [1.29, 1.82) is 0 Å². The monoisotopic (exact) mass is 346 g/mol. The van der Waals surface area contributed by atoms with Gasteiger partial charge in [0.25, 0.3) is 5.91 Å². The van der Waals surface area contributed by atoms with E-state index in [1.54, 1.807) is 21.9 Å². The average Bonchev–Trinajstić information content (AvgIpc) is 3.16. The minimum absolute atomic E-state index is 0.0454. The molecule has 1 N–H and O–H groups in total. The summed E-state index contributed by atoms with van der Waals surface area (Å²) >= 11 is 0. The number of carbonyl (C=O) groups is 2. The maximum absolute atomic E-state index is 12.5. The quantitative estimate of drug-likeness (QED) is 0.840. The molecule has 1 aromatic rings. The molecule has 2 aliphatic rings. The second-order valence-electron chi connectivity index (χ2n) is 6.72. The van der Waals surface area contributed by atoms with E-state index in [0.717, 1.165) is 19.5 Å². The zero-order chi connectivity index (χ0) is 17.8. The number of carbonyl (C=O) groups excluding carboxylic acids is 2. The van der Waals surface area contributed by atoms with Gasteiger partial charge >= 0.3 is 6.03 Å². The molecule has 1 aromatic heterocycles. The van der Waals surface area contributed by atoms with Gasteiger partial charge in [0, 0.05) is 45.3 Å². The Morgan fingerprint density at radius 2 is 1.88 bits per heavy atom. The molecule has 1 saturated heterocycles. The molecule has 0 bridgehead atoms. The summed E-state index contributed by atoms with van der Waals surface area (Å²) in [6.07, 6.45) is 4.69. The Morgan fingerprint density at radius 3 is 2.48 bits per heavy atom. The zero-order valence-corrected chi connectivity index (χ0v) is 14.9. The number of urea groups is 1. The first kappa shape index (κ1) is 17.5. The number of furan rings is 1. The van der Waals surface area contributed by atoms with Crippen molar-refractivity contribution in [3.8, 4) is 0 Å². The molecule has 7 nitrogen and oxygen atoms in total. The van der Waals surface area contributed by atoms with Crippen molar-refractivity contribution in [2.45, 2.75) is 19.4 Å². The van der Waals surface area contributed by atoms with Crippen LogP contribution in [-0.2, 0) is 0 Å². The molecule has 0 radical (unpaired) electrons. The van der Waals surface area contributed by atoms with Crippen LogP contribution in [0, 0.1) is 0 Å². The minimum Gasteiger partial charge on any atom is -0.459 e. The lowest BCUT2D eigenvalue weighted by Crippen LogP contribution is -2.54. The summed E-state index contributed by atoms with van der Waals surface area (Å²) in [5, 5.41) is 3.08. The Labute approximate surface area is 148 Å². The number of likely N-dealkylation sites (N-methyl/N-ethyl adjacent to an activating group) is 1. The van der Waals surface area contributed by atoms with Gasteiger partial charge in [-0.3, -0.25) is 4.79 Å². The van der Waals surface area contributed by atoms with Crippen molar-refractivity contribution < 1.29 is 14.0 Å². The summed E-state index contributed by atoms with van der Waals surface area (Å²) in [7, 11) is 2.10. The van der Waals surface area contributed by atoms with Crippen molar-refractivity contribution in [2.24, 2.45) is 0 Å². The molecular weight excluding hydrogens is 320 g/mol. The highest BCUT2D eigenvalue weighted by atomic mass is 16.3. The van der Waals surface area contributed by atoms with Crippen LogP contribution in [0.25, 0.3) is 0 Å². The molecule has 3 rings (SSSR count). The van der Waals surface area contributed by atoms with Gasteiger partial charge in [-0.2, -0.15) is 0 Å². The Hall–Kier alpha value is -2.28. The summed E-state index contributed by atoms with van der Waals surface area (Å²) in [6.45, 7) is 6.11. The van der Waals surface area contributed by atoms with Gasteiger partial charge in [0.1, 0.15) is 0 Å². The second kappa shape index (κ2) is 7.74. The van der Waals surface area contributed by atoms with Crippen LogP contribution in [0.1, 0.15) is 23.9 Å². The van der Waals surface area contributed by atoms with Gasteiger partial charge in [-0.25, -0.2) is 4.79 Å². The van der Waals surface area contributed by atoms with E-state index >= 15 is 0 Å². The van der Waals surface area contributed by atoms with Gasteiger partial charge in [-0.15, -0.1) is 0 Å². The third-order valence-corrected chi connectivity index (χ3v) is 4.93. The molecule has 0 saturated carbocycles. The third-order valence-electron chi connectivity index (χ3n) is 4.93. The number of rotatable bonds is 3. The Balaban J connectivity index is 1.47.